The van der Waals surface area contributed by atoms with Crippen LogP contribution in [-0.4, -0.2) is 22.8 Å². The Morgan fingerprint density at radius 3 is 2.82 bits per heavy atom. The van der Waals surface area contributed by atoms with E-state index in [-0.39, 0.29) is 12.7 Å². The zero-order valence-electron chi connectivity index (χ0n) is 9.67. The minimum absolute atomic E-state index is 0.125. The van der Waals surface area contributed by atoms with Gasteiger partial charge in [0.2, 0.25) is 5.88 Å². The molecule has 1 aromatic rings. The van der Waals surface area contributed by atoms with Gasteiger partial charge >= 0.3 is 0 Å². The molecule has 0 saturated heterocycles. The van der Waals surface area contributed by atoms with E-state index in [0.717, 1.165) is 25.7 Å². The summed E-state index contributed by atoms with van der Waals surface area (Å²) in [4.78, 5) is 4.09. The van der Waals surface area contributed by atoms with Crippen molar-refractivity contribution in [1.82, 2.24) is 4.98 Å². The number of rotatable bonds is 3. The average molecular weight is 232 g/mol. The molecule has 0 amide bonds. The molecule has 0 aliphatic heterocycles. The van der Waals surface area contributed by atoms with Crippen molar-refractivity contribution in [2.45, 2.75) is 31.8 Å². The predicted octanol–water partition coefficient (Wildman–Crippen LogP) is 1.88. The van der Waals surface area contributed by atoms with Gasteiger partial charge in [-0.3, -0.25) is 0 Å². The quantitative estimate of drug-likeness (QED) is 0.864. The van der Waals surface area contributed by atoms with E-state index < -0.39 is 0 Å². The van der Waals surface area contributed by atoms with Crippen LogP contribution in [-0.2, 0) is 0 Å². The van der Waals surface area contributed by atoms with Crippen LogP contribution in [0.4, 0.5) is 0 Å². The van der Waals surface area contributed by atoms with Crippen molar-refractivity contribution in [3.05, 3.63) is 23.9 Å². The van der Waals surface area contributed by atoms with Crippen LogP contribution in [0.1, 0.15) is 31.2 Å². The Hall–Kier alpha value is -1.60. The van der Waals surface area contributed by atoms with Crippen molar-refractivity contribution in [2.75, 3.05) is 6.61 Å². The molecule has 1 aliphatic rings. The van der Waals surface area contributed by atoms with Crippen LogP contribution < -0.4 is 4.74 Å². The molecule has 0 spiro atoms. The molecular weight excluding hydrogens is 216 g/mol. The number of hydrogen-bond acceptors (Lipinski definition) is 4. The van der Waals surface area contributed by atoms with Gasteiger partial charge < -0.3 is 9.84 Å². The molecule has 0 atom stereocenters. The highest BCUT2D eigenvalue weighted by Crippen LogP contribution is 2.27. The number of aliphatic hydroxyl groups is 1. The standard InChI is InChI=1S/C13H16N2O2/c14-8-11-2-1-7-15-13(11)17-12-5-3-10(9-16)4-6-12/h1-2,7,10,12,16H,3-6,9H2. The summed E-state index contributed by atoms with van der Waals surface area (Å²) in [7, 11) is 0. The first-order chi connectivity index (χ1) is 8.33. The van der Waals surface area contributed by atoms with E-state index in [1.807, 2.05) is 0 Å². The Bertz CT molecular complexity index is 406. The molecule has 1 aliphatic carbocycles. The SMILES string of the molecule is N#Cc1cccnc1OC1CCC(CO)CC1. The van der Waals surface area contributed by atoms with Crippen molar-refractivity contribution >= 4 is 0 Å². The van der Waals surface area contributed by atoms with Crippen molar-refractivity contribution in [2.24, 2.45) is 5.92 Å². The van der Waals surface area contributed by atoms with Crippen LogP contribution in [0.25, 0.3) is 0 Å². The van der Waals surface area contributed by atoms with Gasteiger partial charge in [-0.15, -0.1) is 0 Å². The number of ether oxygens (including phenoxy) is 1. The molecule has 17 heavy (non-hydrogen) atoms. The third-order valence-corrected chi connectivity index (χ3v) is 3.22. The average Bonchev–Trinajstić information content (AvgIpc) is 2.40. The maximum Gasteiger partial charge on any atom is 0.231 e. The van der Waals surface area contributed by atoms with E-state index >= 15 is 0 Å². The zero-order chi connectivity index (χ0) is 12.1. The molecule has 0 unspecified atom stereocenters. The summed E-state index contributed by atoms with van der Waals surface area (Å²) < 4.78 is 5.75. The lowest BCUT2D eigenvalue weighted by molar-refractivity contribution is 0.100. The van der Waals surface area contributed by atoms with Crippen LogP contribution in [0, 0.1) is 17.2 Å². The summed E-state index contributed by atoms with van der Waals surface area (Å²) in [5.41, 5.74) is 0.483. The molecule has 2 rings (SSSR count). The smallest absolute Gasteiger partial charge is 0.231 e. The molecule has 4 heteroatoms. The summed E-state index contributed by atoms with van der Waals surface area (Å²) >= 11 is 0. The second kappa shape index (κ2) is 5.65. The van der Waals surface area contributed by atoms with Gasteiger partial charge in [-0.1, -0.05) is 0 Å². The predicted molar refractivity (Wildman–Crippen MR) is 62.4 cm³/mol. The fraction of sp³-hybridized carbons (Fsp3) is 0.538. The molecule has 1 aromatic heterocycles. The lowest BCUT2D eigenvalue weighted by Gasteiger charge is -2.27. The molecule has 0 aromatic carbocycles. The highest BCUT2D eigenvalue weighted by Gasteiger charge is 2.22. The van der Waals surface area contributed by atoms with Crippen molar-refractivity contribution in [3.63, 3.8) is 0 Å². The Balaban J connectivity index is 1.96. The zero-order valence-corrected chi connectivity index (χ0v) is 9.67. The Labute approximate surface area is 101 Å². The molecule has 90 valence electrons. The molecule has 1 N–H and O–H groups in total. The number of pyridine rings is 1. The van der Waals surface area contributed by atoms with Gasteiger partial charge in [0.25, 0.3) is 0 Å². The highest BCUT2D eigenvalue weighted by molar-refractivity contribution is 5.37. The van der Waals surface area contributed by atoms with Crippen molar-refractivity contribution in [3.8, 4) is 11.9 Å². The van der Waals surface area contributed by atoms with Crippen LogP contribution in [0.2, 0.25) is 0 Å². The van der Waals surface area contributed by atoms with E-state index in [1.54, 1.807) is 18.3 Å². The van der Waals surface area contributed by atoms with Crippen LogP contribution in [0.3, 0.4) is 0 Å². The number of nitrogens with zero attached hydrogens (tertiary/aromatic N) is 2. The summed E-state index contributed by atoms with van der Waals surface area (Å²) in [6.45, 7) is 0.264. The number of aliphatic hydroxyl groups excluding tert-OH is 1. The molecule has 1 heterocycles. The van der Waals surface area contributed by atoms with Gasteiger partial charge in [0.15, 0.2) is 0 Å². The van der Waals surface area contributed by atoms with Crippen molar-refractivity contribution < 1.29 is 9.84 Å². The molecule has 1 fully saturated rings. The van der Waals surface area contributed by atoms with E-state index in [4.69, 9.17) is 15.1 Å². The van der Waals surface area contributed by atoms with Gasteiger partial charge in [0, 0.05) is 12.8 Å². The van der Waals surface area contributed by atoms with Crippen LogP contribution in [0.15, 0.2) is 18.3 Å². The normalized spacial score (nSPS) is 24.0. The monoisotopic (exact) mass is 232 g/mol. The third-order valence-electron chi connectivity index (χ3n) is 3.22. The maximum atomic E-state index is 9.05. The minimum atomic E-state index is 0.125. The third kappa shape index (κ3) is 2.95. The van der Waals surface area contributed by atoms with E-state index in [9.17, 15) is 0 Å². The molecule has 0 radical (unpaired) electrons. The maximum absolute atomic E-state index is 9.05. The summed E-state index contributed by atoms with van der Waals surface area (Å²) in [6.07, 6.45) is 5.57. The molecular formula is C13H16N2O2. The first-order valence-corrected chi connectivity index (χ1v) is 5.96. The van der Waals surface area contributed by atoms with E-state index in [0.29, 0.717) is 17.4 Å². The number of nitriles is 1. The Kier molecular flexibility index (Phi) is 3.94. The lowest BCUT2D eigenvalue weighted by atomic mass is 9.88. The van der Waals surface area contributed by atoms with Gasteiger partial charge in [0.1, 0.15) is 17.7 Å². The van der Waals surface area contributed by atoms with E-state index in [1.165, 1.54) is 0 Å². The van der Waals surface area contributed by atoms with Gasteiger partial charge in [-0.05, 0) is 43.7 Å². The summed E-state index contributed by atoms with van der Waals surface area (Å²) in [5.74, 6) is 0.844. The minimum Gasteiger partial charge on any atom is -0.473 e. The highest BCUT2D eigenvalue weighted by atomic mass is 16.5. The fourth-order valence-corrected chi connectivity index (χ4v) is 2.16. The number of hydrogen-bond donors (Lipinski definition) is 1. The molecule has 0 bridgehead atoms. The van der Waals surface area contributed by atoms with Crippen LogP contribution in [0.5, 0.6) is 5.88 Å². The van der Waals surface area contributed by atoms with Crippen molar-refractivity contribution in [1.29, 1.82) is 5.26 Å². The van der Waals surface area contributed by atoms with Gasteiger partial charge in [-0.2, -0.15) is 5.26 Å². The topological polar surface area (TPSA) is 66.1 Å². The molecule has 1 saturated carbocycles. The second-order valence-corrected chi connectivity index (χ2v) is 4.41. The van der Waals surface area contributed by atoms with Crippen LogP contribution >= 0.6 is 0 Å². The van der Waals surface area contributed by atoms with E-state index in [2.05, 4.69) is 11.1 Å². The van der Waals surface area contributed by atoms with Gasteiger partial charge in [-0.25, -0.2) is 4.98 Å². The first-order valence-electron chi connectivity index (χ1n) is 5.96. The lowest BCUT2D eigenvalue weighted by Crippen LogP contribution is -2.26. The Morgan fingerprint density at radius 1 is 1.41 bits per heavy atom. The first kappa shape index (κ1) is 11.9. The Morgan fingerprint density at radius 2 is 2.18 bits per heavy atom. The summed E-state index contributed by atoms with van der Waals surface area (Å²) in [5, 5.41) is 18.0. The second-order valence-electron chi connectivity index (χ2n) is 4.41. The molecule has 4 nitrogen and oxygen atoms in total. The number of aromatic nitrogens is 1. The van der Waals surface area contributed by atoms with Gasteiger partial charge in [0.05, 0.1) is 0 Å². The fourth-order valence-electron chi connectivity index (χ4n) is 2.16. The summed E-state index contributed by atoms with van der Waals surface area (Å²) in [6, 6.07) is 5.52. The largest absolute Gasteiger partial charge is 0.473 e.